The fourth-order valence-corrected chi connectivity index (χ4v) is 1.82. The smallest absolute Gasteiger partial charge is 0.226 e. The second-order valence-corrected chi connectivity index (χ2v) is 4.64. The van der Waals surface area contributed by atoms with E-state index < -0.39 is 0 Å². The zero-order valence-electron chi connectivity index (χ0n) is 9.25. The summed E-state index contributed by atoms with van der Waals surface area (Å²) in [6, 6.07) is 5.82. The molecule has 0 spiro atoms. The molecule has 4 nitrogen and oxygen atoms in total. The lowest BCUT2D eigenvalue weighted by atomic mass is 10.2. The van der Waals surface area contributed by atoms with E-state index in [1.165, 1.54) is 0 Å². The van der Waals surface area contributed by atoms with E-state index in [1.54, 1.807) is 18.0 Å². The number of rotatable bonds is 4. The molecule has 5 heteroatoms. The van der Waals surface area contributed by atoms with Gasteiger partial charge in [0.15, 0.2) is 0 Å². The van der Waals surface area contributed by atoms with Gasteiger partial charge < -0.3 is 4.42 Å². The summed E-state index contributed by atoms with van der Waals surface area (Å²) >= 11 is 1.59. The van der Waals surface area contributed by atoms with Crippen LogP contribution >= 0.6 is 11.8 Å². The molecule has 2 heterocycles. The summed E-state index contributed by atoms with van der Waals surface area (Å²) in [6.07, 6.45) is 1.77. The third kappa shape index (κ3) is 2.82. The van der Waals surface area contributed by atoms with Gasteiger partial charge >= 0.3 is 0 Å². The molecule has 16 heavy (non-hydrogen) atoms. The molecule has 0 saturated carbocycles. The predicted molar refractivity (Wildman–Crippen MR) is 62.2 cm³/mol. The normalized spacial score (nSPS) is 10.9. The Balaban J connectivity index is 1.95. The van der Waals surface area contributed by atoms with E-state index in [4.69, 9.17) is 4.42 Å². The zero-order chi connectivity index (χ0) is 11.4. The maximum Gasteiger partial charge on any atom is 0.226 e. The van der Waals surface area contributed by atoms with E-state index in [0.717, 1.165) is 5.03 Å². The van der Waals surface area contributed by atoms with Crippen molar-refractivity contribution in [2.24, 2.45) is 0 Å². The number of thioether (sulfide) groups is 1. The quantitative estimate of drug-likeness (QED) is 0.763. The molecular formula is C11H13N3OS. The Morgan fingerprint density at radius 2 is 2.19 bits per heavy atom. The van der Waals surface area contributed by atoms with Crippen molar-refractivity contribution in [3.8, 4) is 0 Å². The highest BCUT2D eigenvalue weighted by atomic mass is 32.2. The highest BCUT2D eigenvalue weighted by molar-refractivity contribution is 7.98. The van der Waals surface area contributed by atoms with Gasteiger partial charge in [-0.05, 0) is 12.1 Å². The highest BCUT2D eigenvalue weighted by Gasteiger charge is 2.09. The number of aromatic nitrogens is 3. The largest absolute Gasteiger partial charge is 0.424 e. The minimum Gasteiger partial charge on any atom is -0.424 e. The maximum atomic E-state index is 5.50. The molecule has 0 unspecified atom stereocenters. The van der Waals surface area contributed by atoms with E-state index in [0.29, 0.717) is 17.5 Å². The van der Waals surface area contributed by atoms with Crippen LogP contribution in [0.25, 0.3) is 0 Å². The number of hydrogen-bond acceptors (Lipinski definition) is 5. The van der Waals surface area contributed by atoms with Crippen LogP contribution in [0, 0.1) is 0 Å². The van der Waals surface area contributed by atoms with Gasteiger partial charge in [0.05, 0.1) is 10.8 Å². The lowest BCUT2D eigenvalue weighted by Gasteiger charge is -1.96. The molecule has 0 atom stereocenters. The first-order valence-electron chi connectivity index (χ1n) is 5.12. The van der Waals surface area contributed by atoms with Crippen LogP contribution in [0.4, 0.5) is 0 Å². The van der Waals surface area contributed by atoms with Crippen LogP contribution in [-0.4, -0.2) is 15.2 Å². The third-order valence-electron chi connectivity index (χ3n) is 1.96. The third-order valence-corrected chi connectivity index (χ3v) is 2.89. The van der Waals surface area contributed by atoms with E-state index in [1.807, 2.05) is 32.0 Å². The number of nitrogens with zero attached hydrogens (tertiary/aromatic N) is 3. The first kappa shape index (κ1) is 11.1. The minimum atomic E-state index is 0.279. The van der Waals surface area contributed by atoms with Gasteiger partial charge in [-0.2, -0.15) is 0 Å². The van der Waals surface area contributed by atoms with Crippen molar-refractivity contribution in [1.29, 1.82) is 0 Å². The van der Waals surface area contributed by atoms with Gasteiger partial charge in [0.1, 0.15) is 0 Å². The molecule has 0 amide bonds. The Morgan fingerprint density at radius 1 is 1.31 bits per heavy atom. The Bertz CT molecular complexity index is 442. The molecule has 0 aliphatic heterocycles. The molecule has 0 aliphatic rings. The van der Waals surface area contributed by atoms with E-state index in [2.05, 4.69) is 15.2 Å². The van der Waals surface area contributed by atoms with Crippen molar-refractivity contribution in [3.05, 3.63) is 36.2 Å². The van der Waals surface area contributed by atoms with Crippen LogP contribution in [0.2, 0.25) is 0 Å². The average molecular weight is 235 g/mol. The minimum absolute atomic E-state index is 0.279. The maximum absolute atomic E-state index is 5.50. The van der Waals surface area contributed by atoms with Crippen molar-refractivity contribution < 1.29 is 4.42 Å². The molecule has 0 N–H and O–H groups in total. The topological polar surface area (TPSA) is 51.8 Å². The van der Waals surface area contributed by atoms with Crippen LogP contribution in [0.1, 0.15) is 31.5 Å². The van der Waals surface area contributed by atoms with E-state index in [9.17, 15) is 0 Å². The first-order valence-corrected chi connectivity index (χ1v) is 6.10. The molecule has 0 bridgehead atoms. The summed E-state index contributed by atoms with van der Waals surface area (Å²) in [5.41, 5.74) is 0. The molecule has 0 aromatic carbocycles. The summed E-state index contributed by atoms with van der Waals surface area (Å²) in [5, 5.41) is 8.93. The Kier molecular flexibility index (Phi) is 3.56. The van der Waals surface area contributed by atoms with Crippen LogP contribution in [0.3, 0.4) is 0 Å². The molecule has 0 saturated heterocycles. The van der Waals surface area contributed by atoms with Gasteiger partial charge in [0.2, 0.25) is 11.8 Å². The zero-order valence-corrected chi connectivity index (χ0v) is 10.1. The van der Waals surface area contributed by atoms with Crippen LogP contribution in [0.5, 0.6) is 0 Å². The second-order valence-electron chi connectivity index (χ2n) is 3.65. The molecule has 0 radical (unpaired) electrons. The molecule has 0 aliphatic carbocycles. The van der Waals surface area contributed by atoms with Crippen LogP contribution < -0.4 is 0 Å². The fourth-order valence-electron chi connectivity index (χ4n) is 1.13. The van der Waals surface area contributed by atoms with Gasteiger partial charge in [-0.3, -0.25) is 0 Å². The summed E-state index contributed by atoms with van der Waals surface area (Å²) in [4.78, 5) is 4.21. The Labute approximate surface area is 98.5 Å². The van der Waals surface area contributed by atoms with Crippen molar-refractivity contribution in [3.63, 3.8) is 0 Å². The standard InChI is InChI=1S/C11H13N3OS/c1-8(2)11-14-13-9(15-11)7-16-10-5-3-4-6-12-10/h3-6,8H,7H2,1-2H3. The summed E-state index contributed by atoms with van der Waals surface area (Å²) in [7, 11) is 0. The number of pyridine rings is 1. The van der Waals surface area contributed by atoms with Gasteiger partial charge in [-0.25, -0.2) is 4.98 Å². The van der Waals surface area contributed by atoms with Gasteiger partial charge in [0, 0.05) is 12.1 Å². The van der Waals surface area contributed by atoms with Crippen LogP contribution in [0.15, 0.2) is 33.8 Å². The molecular weight excluding hydrogens is 222 g/mol. The summed E-state index contributed by atoms with van der Waals surface area (Å²) < 4.78 is 5.50. The SMILES string of the molecule is CC(C)c1nnc(CSc2ccccn2)o1. The monoisotopic (exact) mass is 235 g/mol. The molecule has 84 valence electrons. The first-order chi connectivity index (χ1) is 7.75. The predicted octanol–water partition coefficient (Wildman–Crippen LogP) is 2.88. The molecule has 2 aromatic rings. The second kappa shape index (κ2) is 5.12. The van der Waals surface area contributed by atoms with E-state index >= 15 is 0 Å². The fraction of sp³-hybridized carbons (Fsp3) is 0.364. The molecule has 2 rings (SSSR count). The Hall–Kier alpha value is -1.36. The van der Waals surface area contributed by atoms with Gasteiger partial charge in [-0.15, -0.1) is 10.2 Å². The van der Waals surface area contributed by atoms with Crippen molar-refractivity contribution in [2.75, 3.05) is 0 Å². The lowest BCUT2D eigenvalue weighted by Crippen LogP contribution is -1.85. The summed E-state index contributed by atoms with van der Waals surface area (Å²) in [6.45, 7) is 4.06. The highest BCUT2D eigenvalue weighted by Crippen LogP contribution is 2.20. The summed E-state index contributed by atoms with van der Waals surface area (Å²) in [5.74, 6) is 2.29. The van der Waals surface area contributed by atoms with Crippen molar-refractivity contribution in [1.82, 2.24) is 15.2 Å². The van der Waals surface area contributed by atoms with Crippen molar-refractivity contribution in [2.45, 2.75) is 30.5 Å². The number of hydrogen-bond donors (Lipinski definition) is 0. The Morgan fingerprint density at radius 3 is 2.81 bits per heavy atom. The molecule has 0 fully saturated rings. The molecule has 2 aromatic heterocycles. The van der Waals surface area contributed by atoms with Crippen molar-refractivity contribution >= 4 is 11.8 Å². The van der Waals surface area contributed by atoms with Gasteiger partial charge in [-0.1, -0.05) is 31.7 Å². The average Bonchev–Trinajstić information content (AvgIpc) is 2.76. The van der Waals surface area contributed by atoms with Crippen LogP contribution in [-0.2, 0) is 5.75 Å². The van der Waals surface area contributed by atoms with E-state index in [-0.39, 0.29) is 5.92 Å². The van der Waals surface area contributed by atoms with Gasteiger partial charge in [0.25, 0.3) is 0 Å². The lowest BCUT2D eigenvalue weighted by molar-refractivity contribution is 0.445.